The average molecular weight is 274 g/mol. The monoisotopic (exact) mass is 274 g/mol. The summed E-state index contributed by atoms with van der Waals surface area (Å²) in [5, 5.41) is 0. The smallest absolute Gasteiger partial charge is 0.127 e. The number of ether oxygens (including phenoxy) is 1. The minimum atomic E-state index is 0.857. The molecule has 0 N–H and O–H groups in total. The molecule has 0 unspecified atom stereocenters. The second-order valence-electron chi connectivity index (χ2n) is 4.99. The van der Waals surface area contributed by atoms with Gasteiger partial charge in [0.25, 0.3) is 0 Å². The summed E-state index contributed by atoms with van der Waals surface area (Å²) in [5.74, 6) is 1.72. The summed E-state index contributed by atoms with van der Waals surface area (Å²) in [6.45, 7) is 2.17. The van der Waals surface area contributed by atoms with E-state index in [1.54, 1.807) is 0 Å². The second-order valence-corrected chi connectivity index (χ2v) is 4.99. The van der Waals surface area contributed by atoms with Crippen LogP contribution in [0, 0.1) is 0 Å². The van der Waals surface area contributed by atoms with Crippen molar-refractivity contribution in [3.05, 3.63) is 84.4 Å². The van der Waals surface area contributed by atoms with Crippen molar-refractivity contribution in [3.8, 4) is 22.6 Å². The van der Waals surface area contributed by atoms with Crippen LogP contribution in [0.5, 0.6) is 11.5 Å². The maximum absolute atomic E-state index is 5.81. The van der Waals surface area contributed by atoms with Crippen molar-refractivity contribution in [3.63, 3.8) is 0 Å². The van der Waals surface area contributed by atoms with E-state index in [1.165, 1.54) is 16.7 Å². The second kappa shape index (κ2) is 6.27. The normalized spacial score (nSPS) is 10.3. The number of para-hydroxylation sites is 1. The summed E-state index contributed by atoms with van der Waals surface area (Å²) >= 11 is 0. The first-order valence-corrected chi connectivity index (χ1v) is 7.27. The summed E-state index contributed by atoms with van der Waals surface area (Å²) in [7, 11) is 0. The Morgan fingerprint density at radius 3 is 1.71 bits per heavy atom. The molecule has 0 spiro atoms. The molecule has 0 aliphatic carbocycles. The van der Waals surface area contributed by atoms with Gasteiger partial charge in [0.1, 0.15) is 11.5 Å². The molecule has 0 aliphatic heterocycles. The molecule has 3 aromatic rings. The molecule has 3 aromatic carbocycles. The van der Waals surface area contributed by atoms with Crippen molar-refractivity contribution in [2.75, 3.05) is 0 Å². The molecule has 0 saturated heterocycles. The minimum Gasteiger partial charge on any atom is -0.457 e. The Morgan fingerprint density at radius 1 is 0.619 bits per heavy atom. The number of aryl methyl sites for hydroxylation is 1. The van der Waals surface area contributed by atoms with E-state index in [0.29, 0.717) is 0 Å². The maximum atomic E-state index is 5.81. The molecule has 0 amide bonds. The van der Waals surface area contributed by atoms with Crippen LogP contribution in [0.1, 0.15) is 12.5 Å². The Labute approximate surface area is 125 Å². The van der Waals surface area contributed by atoms with E-state index in [0.717, 1.165) is 17.9 Å². The molecule has 0 heterocycles. The Kier molecular flexibility index (Phi) is 4.02. The standard InChI is InChI=1S/C20H18O/c1-2-16-8-10-17(11-9-16)18-12-14-20(15-13-18)21-19-6-4-3-5-7-19/h3-15H,2H2,1H3. The fourth-order valence-electron chi connectivity index (χ4n) is 2.27. The van der Waals surface area contributed by atoms with Crippen molar-refractivity contribution >= 4 is 0 Å². The lowest BCUT2D eigenvalue weighted by Gasteiger charge is -2.07. The molecule has 3 rings (SSSR count). The highest BCUT2D eigenvalue weighted by Crippen LogP contribution is 2.25. The Morgan fingerprint density at radius 2 is 1.14 bits per heavy atom. The quantitative estimate of drug-likeness (QED) is 0.592. The number of rotatable bonds is 4. The Bertz CT molecular complexity index is 682. The lowest BCUT2D eigenvalue weighted by molar-refractivity contribution is 0.483. The lowest BCUT2D eigenvalue weighted by atomic mass is 10.0. The van der Waals surface area contributed by atoms with Crippen LogP contribution >= 0.6 is 0 Å². The topological polar surface area (TPSA) is 9.23 Å². The zero-order valence-electron chi connectivity index (χ0n) is 12.1. The van der Waals surface area contributed by atoms with E-state index in [2.05, 4.69) is 43.3 Å². The summed E-state index contributed by atoms with van der Waals surface area (Å²) in [5.41, 5.74) is 3.80. The highest BCUT2D eigenvalue weighted by Gasteiger charge is 2.00. The molecular weight excluding hydrogens is 256 g/mol. The number of hydrogen-bond donors (Lipinski definition) is 0. The molecule has 1 heteroatoms. The molecule has 0 bridgehead atoms. The van der Waals surface area contributed by atoms with E-state index in [1.807, 2.05) is 42.5 Å². The first kappa shape index (κ1) is 13.4. The van der Waals surface area contributed by atoms with E-state index in [-0.39, 0.29) is 0 Å². The van der Waals surface area contributed by atoms with Crippen molar-refractivity contribution in [2.24, 2.45) is 0 Å². The van der Waals surface area contributed by atoms with Crippen molar-refractivity contribution in [1.82, 2.24) is 0 Å². The molecule has 0 atom stereocenters. The largest absolute Gasteiger partial charge is 0.457 e. The van der Waals surface area contributed by atoms with E-state index in [4.69, 9.17) is 4.74 Å². The van der Waals surface area contributed by atoms with Crippen molar-refractivity contribution in [1.29, 1.82) is 0 Å². The predicted molar refractivity (Wildman–Crippen MR) is 87.8 cm³/mol. The molecule has 0 aliphatic rings. The van der Waals surface area contributed by atoms with Gasteiger partial charge < -0.3 is 4.74 Å². The number of hydrogen-bond acceptors (Lipinski definition) is 1. The Balaban J connectivity index is 1.77. The number of benzene rings is 3. The van der Waals surface area contributed by atoms with Gasteiger partial charge in [-0.25, -0.2) is 0 Å². The minimum absolute atomic E-state index is 0.857. The molecule has 104 valence electrons. The van der Waals surface area contributed by atoms with Gasteiger partial charge in [-0.05, 0) is 47.4 Å². The van der Waals surface area contributed by atoms with Gasteiger partial charge in [-0.2, -0.15) is 0 Å². The van der Waals surface area contributed by atoms with Crippen LogP contribution < -0.4 is 4.74 Å². The highest BCUT2D eigenvalue weighted by atomic mass is 16.5. The zero-order valence-corrected chi connectivity index (χ0v) is 12.1. The maximum Gasteiger partial charge on any atom is 0.127 e. The molecule has 0 aromatic heterocycles. The lowest BCUT2D eigenvalue weighted by Crippen LogP contribution is -1.84. The first-order chi connectivity index (χ1) is 10.3. The molecule has 0 saturated carbocycles. The van der Waals surface area contributed by atoms with Gasteiger partial charge >= 0.3 is 0 Å². The van der Waals surface area contributed by atoms with Crippen LogP contribution in [0.2, 0.25) is 0 Å². The van der Waals surface area contributed by atoms with Gasteiger partial charge in [0.05, 0.1) is 0 Å². The Hall–Kier alpha value is -2.54. The van der Waals surface area contributed by atoms with Crippen LogP contribution in [0.15, 0.2) is 78.9 Å². The third-order valence-corrected chi connectivity index (χ3v) is 3.53. The van der Waals surface area contributed by atoms with Gasteiger partial charge in [0.15, 0.2) is 0 Å². The first-order valence-electron chi connectivity index (χ1n) is 7.27. The fraction of sp³-hybridized carbons (Fsp3) is 0.100. The van der Waals surface area contributed by atoms with Gasteiger partial charge in [0.2, 0.25) is 0 Å². The van der Waals surface area contributed by atoms with Crippen LogP contribution in [-0.4, -0.2) is 0 Å². The van der Waals surface area contributed by atoms with Crippen LogP contribution in [0.4, 0.5) is 0 Å². The SMILES string of the molecule is CCc1ccc(-c2ccc(Oc3ccccc3)cc2)cc1. The van der Waals surface area contributed by atoms with E-state index >= 15 is 0 Å². The van der Waals surface area contributed by atoms with Crippen molar-refractivity contribution < 1.29 is 4.74 Å². The average Bonchev–Trinajstić information content (AvgIpc) is 2.57. The fourth-order valence-corrected chi connectivity index (χ4v) is 2.27. The predicted octanol–water partition coefficient (Wildman–Crippen LogP) is 5.71. The van der Waals surface area contributed by atoms with Gasteiger partial charge in [-0.1, -0.05) is 61.5 Å². The van der Waals surface area contributed by atoms with Crippen LogP contribution in [0.3, 0.4) is 0 Å². The third-order valence-electron chi connectivity index (χ3n) is 3.53. The van der Waals surface area contributed by atoms with Crippen LogP contribution in [-0.2, 0) is 6.42 Å². The van der Waals surface area contributed by atoms with Crippen molar-refractivity contribution in [2.45, 2.75) is 13.3 Å². The van der Waals surface area contributed by atoms with E-state index in [9.17, 15) is 0 Å². The third kappa shape index (κ3) is 3.32. The van der Waals surface area contributed by atoms with E-state index < -0.39 is 0 Å². The molecule has 1 nitrogen and oxygen atoms in total. The molecule has 21 heavy (non-hydrogen) atoms. The molecule has 0 radical (unpaired) electrons. The van der Waals surface area contributed by atoms with Gasteiger partial charge in [0, 0.05) is 0 Å². The zero-order chi connectivity index (χ0) is 14.5. The highest BCUT2D eigenvalue weighted by molar-refractivity contribution is 5.64. The van der Waals surface area contributed by atoms with Crippen LogP contribution in [0.25, 0.3) is 11.1 Å². The molecular formula is C20H18O. The summed E-state index contributed by atoms with van der Waals surface area (Å²) in [6, 6.07) is 26.8. The van der Waals surface area contributed by atoms with Gasteiger partial charge in [-0.3, -0.25) is 0 Å². The van der Waals surface area contributed by atoms with Gasteiger partial charge in [-0.15, -0.1) is 0 Å². The summed E-state index contributed by atoms with van der Waals surface area (Å²) in [6.07, 6.45) is 1.07. The molecule has 0 fully saturated rings. The summed E-state index contributed by atoms with van der Waals surface area (Å²) < 4.78 is 5.81. The summed E-state index contributed by atoms with van der Waals surface area (Å²) in [4.78, 5) is 0.